The van der Waals surface area contributed by atoms with Crippen molar-refractivity contribution in [3.05, 3.63) is 75.7 Å². The summed E-state index contributed by atoms with van der Waals surface area (Å²) in [6.45, 7) is 1.52. The van der Waals surface area contributed by atoms with Crippen molar-refractivity contribution in [2.45, 2.75) is 13.3 Å². The first kappa shape index (κ1) is 26.5. The molecule has 3 aromatic carbocycles. The van der Waals surface area contributed by atoms with Crippen LogP contribution in [0.5, 0.6) is 17.2 Å². The minimum atomic E-state index is -0.667. The number of amides is 2. The largest absolute Gasteiger partial charge is 0.497 e. The Morgan fingerprint density at radius 2 is 1.68 bits per heavy atom. The van der Waals surface area contributed by atoms with Crippen LogP contribution >= 0.6 is 27.5 Å². The van der Waals surface area contributed by atoms with Gasteiger partial charge in [0.05, 0.1) is 18.1 Å². The molecule has 0 spiro atoms. The van der Waals surface area contributed by atoms with Gasteiger partial charge in [-0.25, -0.2) is 0 Å². The number of nitrogens with one attached hydrogen (secondary N) is 1. The molecule has 0 saturated carbocycles. The summed E-state index contributed by atoms with van der Waals surface area (Å²) >= 11 is 9.41. The highest BCUT2D eigenvalue weighted by molar-refractivity contribution is 9.10. The van der Waals surface area contributed by atoms with Crippen molar-refractivity contribution in [3.63, 3.8) is 0 Å². The van der Waals surface area contributed by atoms with Gasteiger partial charge in [0.25, 0.3) is 5.91 Å². The third kappa shape index (κ3) is 6.61. The number of halogens is 2. The van der Waals surface area contributed by atoms with E-state index in [1.54, 1.807) is 67.8 Å². The van der Waals surface area contributed by atoms with E-state index in [4.69, 9.17) is 25.8 Å². The lowest BCUT2D eigenvalue weighted by Gasteiger charge is -2.17. The van der Waals surface area contributed by atoms with Crippen LogP contribution in [0.3, 0.4) is 0 Å². The number of carbonyl (C=O) groups excluding carboxylic acids is 3. The fourth-order valence-electron chi connectivity index (χ4n) is 3.81. The van der Waals surface area contributed by atoms with Gasteiger partial charge in [-0.15, -0.1) is 0 Å². The van der Waals surface area contributed by atoms with E-state index in [1.807, 2.05) is 6.92 Å². The Hall–Kier alpha value is -3.56. The molecule has 10 heteroatoms. The molecule has 4 rings (SSSR count). The number of benzene rings is 3. The zero-order chi connectivity index (χ0) is 26.5. The Morgan fingerprint density at radius 1 is 1.05 bits per heavy atom. The zero-order valence-electron chi connectivity index (χ0n) is 20.1. The molecule has 2 amide bonds. The highest BCUT2D eigenvalue weighted by Crippen LogP contribution is 2.31. The Bertz CT molecular complexity index is 1310. The highest BCUT2D eigenvalue weighted by Gasteiger charge is 2.36. The molecule has 0 aromatic heterocycles. The minimum absolute atomic E-state index is 0.00593. The van der Waals surface area contributed by atoms with Crippen LogP contribution in [0.2, 0.25) is 5.02 Å². The van der Waals surface area contributed by atoms with Crippen LogP contribution in [-0.4, -0.2) is 38.0 Å². The zero-order valence-corrected chi connectivity index (χ0v) is 22.5. The number of carbonyl (C=O) groups is 3. The SMILES string of the molecule is COc1ccc(Oc2ccc(N3C[C@@H](C(=O)OCC(=O)Nc4cc(Cl)c(Br)cc4C)CC3=O)cc2)cc1. The van der Waals surface area contributed by atoms with Crippen molar-refractivity contribution in [1.82, 2.24) is 0 Å². The molecule has 1 aliphatic heterocycles. The predicted molar refractivity (Wildman–Crippen MR) is 143 cm³/mol. The fraction of sp³-hybridized carbons (Fsp3) is 0.222. The summed E-state index contributed by atoms with van der Waals surface area (Å²) in [5, 5.41) is 3.13. The van der Waals surface area contributed by atoms with Gasteiger partial charge < -0.3 is 24.4 Å². The summed E-state index contributed by atoms with van der Waals surface area (Å²) in [7, 11) is 1.60. The molecular formula is C27H24BrClN2O6. The molecule has 1 N–H and O–H groups in total. The van der Waals surface area contributed by atoms with Crippen LogP contribution in [0.25, 0.3) is 0 Å². The summed E-state index contributed by atoms with van der Waals surface area (Å²) in [4.78, 5) is 38.9. The molecule has 1 fully saturated rings. The predicted octanol–water partition coefficient (Wildman–Crippen LogP) is 5.75. The number of hydrogen-bond acceptors (Lipinski definition) is 6. The summed E-state index contributed by atoms with van der Waals surface area (Å²) in [5.74, 6) is 0.0173. The number of aryl methyl sites for hydroxylation is 1. The number of nitrogens with zero attached hydrogens (tertiary/aromatic N) is 1. The van der Waals surface area contributed by atoms with Crippen molar-refractivity contribution in [2.24, 2.45) is 5.92 Å². The van der Waals surface area contributed by atoms with E-state index in [0.29, 0.717) is 32.4 Å². The number of esters is 1. The van der Waals surface area contributed by atoms with Gasteiger partial charge in [0.15, 0.2) is 6.61 Å². The number of hydrogen-bond donors (Lipinski definition) is 1. The quantitative estimate of drug-likeness (QED) is 0.338. The smallest absolute Gasteiger partial charge is 0.311 e. The lowest BCUT2D eigenvalue weighted by Crippen LogP contribution is -2.28. The molecule has 0 unspecified atom stereocenters. The first-order valence-corrected chi connectivity index (χ1v) is 12.5. The van der Waals surface area contributed by atoms with Gasteiger partial charge in [-0.3, -0.25) is 14.4 Å². The second-order valence-electron chi connectivity index (χ2n) is 8.41. The van der Waals surface area contributed by atoms with Gasteiger partial charge >= 0.3 is 5.97 Å². The van der Waals surface area contributed by atoms with Crippen LogP contribution in [0.4, 0.5) is 11.4 Å². The van der Waals surface area contributed by atoms with Gasteiger partial charge in [-0.05, 0) is 89.1 Å². The third-order valence-corrected chi connectivity index (χ3v) is 6.99. The van der Waals surface area contributed by atoms with E-state index in [1.165, 1.54) is 4.90 Å². The van der Waals surface area contributed by atoms with Gasteiger partial charge in [0.2, 0.25) is 5.91 Å². The molecule has 37 heavy (non-hydrogen) atoms. The summed E-state index contributed by atoms with van der Waals surface area (Å²) < 4.78 is 16.9. The van der Waals surface area contributed by atoms with Crippen molar-refractivity contribution in [1.29, 1.82) is 0 Å². The molecule has 1 saturated heterocycles. The normalized spacial score (nSPS) is 14.9. The van der Waals surface area contributed by atoms with Crippen molar-refractivity contribution >= 4 is 56.7 Å². The van der Waals surface area contributed by atoms with E-state index in [9.17, 15) is 14.4 Å². The Balaban J connectivity index is 1.29. The van der Waals surface area contributed by atoms with E-state index >= 15 is 0 Å². The number of methoxy groups -OCH3 is 1. The molecule has 3 aromatic rings. The molecule has 8 nitrogen and oxygen atoms in total. The van der Waals surface area contributed by atoms with Gasteiger partial charge in [0, 0.05) is 28.8 Å². The molecule has 0 radical (unpaired) electrons. The molecule has 1 atom stereocenters. The lowest BCUT2D eigenvalue weighted by molar-refractivity contribution is -0.151. The van der Waals surface area contributed by atoms with Crippen LogP contribution in [0.1, 0.15) is 12.0 Å². The number of rotatable bonds is 8. The van der Waals surface area contributed by atoms with Crippen LogP contribution in [0.15, 0.2) is 65.1 Å². The van der Waals surface area contributed by atoms with Crippen LogP contribution in [0, 0.1) is 12.8 Å². The summed E-state index contributed by atoms with van der Waals surface area (Å²) in [6, 6.07) is 17.6. The average molecular weight is 588 g/mol. The second-order valence-corrected chi connectivity index (χ2v) is 9.68. The second kappa shape index (κ2) is 11.7. The van der Waals surface area contributed by atoms with E-state index in [0.717, 1.165) is 11.3 Å². The van der Waals surface area contributed by atoms with E-state index in [-0.39, 0.29) is 18.9 Å². The number of anilines is 2. The first-order chi connectivity index (χ1) is 17.7. The maximum absolute atomic E-state index is 12.6. The van der Waals surface area contributed by atoms with Gasteiger partial charge in [-0.1, -0.05) is 11.6 Å². The highest BCUT2D eigenvalue weighted by atomic mass is 79.9. The minimum Gasteiger partial charge on any atom is -0.497 e. The number of ether oxygens (including phenoxy) is 3. The van der Waals surface area contributed by atoms with Crippen molar-refractivity contribution < 1.29 is 28.6 Å². The molecule has 1 aliphatic rings. The maximum Gasteiger partial charge on any atom is 0.311 e. The van der Waals surface area contributed by atoms with Crippen molar-refractivity contribution in [3.8, 4) is 17.2 Å². The van der Waals surface area contributed by atoms with E-state index in [2.05, 4.69) is 21.2 Å². The van der Waals surface area contributed by atoms with Gasteiger partial charge in [0.1, 0.15) is 17.2 Å². The van der Waals surface area contributed by atoms with Gasteiger partial charge in [-0.2, -0.15) is 0 Å². The molecular weight excluding hydrogens is 564 g/mol. The molecule has 0 aliphatic carbocycles. The Kier molecular flexibility index (Phi) is 8.35. The van der Waals surface area contributed by atoms with Crippen LogP contribution in [-0.2, 0) is 19.1 Å². The topological polar surface area (TPSA) is 94.2 Å². The Labute approximate surface area is 227 Å². The molecule has 1 heterocycles. The monoisotopic (exact) mass is 586 g/mol. The first-order valence-electron chi connectivity index (χ1n) is 11.4. The maximum atomic E-state index is 12.6. The summed E-state index contributed by atoms with van der Waals surface area (Å²) in [6.07, 6.45) is 0.00593. The molecule has 192 valence electrons. The molecule has 0 bridgehead atoms. The summed E-state index contributed by atoms with van der Waals surface area (Å²) in [5.41, 5.74) is 1.96. The standard InChI is InChI=1S/C27H24BrClN2O6/c1-16-11-22(28)23(29)13-24(16)30-25(32)15-36-27(34)17-12-26(33)31(14-17)18-3-5-20(6-4-18)37-21-9-7-19(35-2)8-10-21/h3-11,13,17H,12,14-15H2,1-2H3,(H,30,32)/t17-/m0/s1. The van der Waals surface area contributed by atoms with Crippen LogP contribution < -0.4 is 19.7 Å². The van der Waals surface area contributed by atoms with E-state index < -0.39 is 24.4 Å². The Morgan fingerprint density at radius 3 is 2.32 bits per heavy atom. The van der Waals surface area contributed by atoms with Crippen molar-refractivity contribution in [2.75, 3.05) is 30.5 Å². The third-order valence-electron chi connectivity index (χ3n) is 5.79. The average Bonchev–Trinajstić information content (AvgIpc) is 3.28. The lowest BCUT2D eigenvalue weighted by atomic mass is 10.1. The fourth-order valence-corrected chi connectivity index (χ4v) is 4.43.